The molecule has 0 bridgehead atoms. The summed E-state index contributed by atoms with van der Waals surface area (Å²) in [5, 5.41) is 3.55. The fourth-order valence-corrected chi connectivity index (χ4v) is 4.05. The van der Waals surface area contributed by atoms with Gasteiger partial charge in [0, 0.05) is 19.1 Å². The molecule has 1 aromatic rings. The largest absolute Gasteiger partial charge is 0.312 e. The van der Waals surface area contributed by atoms with Gasteiger partial charge in [-0.15, -0.1) is 0 Å². The van der Waals surface area contributed by atoms with E-state index in [0.29, 0.717) is 6.04 Å². The molecule has 1 saturated heterocycles. The second kappa shape index (κ2) is 7.42. The van der Waals surface area contributed by atoms with Gasteiger partial charge < -0.3 is 10.2 Å². The summed E-state index contributed by atoms with van der Waals surface area (Å²) in [5.74, 6) is 0.924. The fourth-order valence-electron chi connectivity index (χ4n) is 4.05. The summed E-state index contributed by atoms with van der Waals surface area (Å²) >= 11 is 0. The van der Waals surface area contributed by atoms with Crippen LogP contribution in [-0.4, -0.2) is 31.6 Å². The molecule has 1 fully saturated rings. The molecule has 0 radical (unpaired) electrons. The lowest BCUT2D eigenvalue weighted by molar-refractivity contribution is 0.285. The first-order valence-electron chi connectivity index (χ1n) is 8.52. The summed E-state index contributed by atoms with van der Waals surface area (Å²) in [6, 6.07) is 5.08. The topological polar surface area (TPSA) is 15.3 Å². The molecule has 0 amide bonds. The SMILES string of the molecule is CCCC1CCN(CC(NC)c2c(C)cc(C)cc2C)C1. The van der Waals surface area contributed by atoms with Gasteiger partial charge in [-0.1, -0.05) is 31.0 Å². The zero-order chi connectivity index (χ0) is 15.4. The Morgan fingerprint density at radius 3 is 2.48 bits per heavy atom. The molecule has 2 atom stereocenters. The van der Waals surface area contributed by atoms with Gasteiger partial charge in [0.25, 0.3) is 0 Å². The number of nitrogens with one attached hydrogen (secondary N) is 1. The van der Waals surface area contributed by atoms with E-state index in [0.717, 1.165) is 12.5 Å². The van der Waals surface area contributed by atoms with Crippen LogP contribution in [0.4, 0.5) is 0 Å². The maximum atomic E-state index is 3.55. The molecule has 0 saturated carbocycles. The Labute approximate surface area is 130 Å². The molecule has 0 aromatic heterocycles. The Bertz CT molecular complexity index is 444. The first-order valence-corrected chi connectivity index (χ1v) is 8.52. The number of likely N-dealkylation sites (tertiary alicyclic amines) is 1. The Morgan fingerprint density at radius 1 is 1.24 bits per heavy atom. The van der Waals surface area contributed by atoms with Crippen LogP contribution in [0.1, 0.15) is 54.5 Å². The van der Waals surface area contributed by atoms with Crippen LogP contribution >= 0.6 is 0 Å². The third-order valence-corrected chi connectivity index (χ3v) is 4.94. The average molecular weight is 288 g/mol. The molecule has 1 aromatic carbocycles. The number of aryl methyl sites for hydroxylation is 3. The maximum Gasteiger partial charge on any atom is 0.0452 e. The molecule has 1 heterocycles. The van der Waals surface area contributed by atoms with Gasteiger partial charge in [0.05, 0.1) is 0 Å². The molecule has 0 spiro atoms. The van der Waals surface area contributed by atoms with Gasteiger partial charge in [-0.05, 0) is 69.8 Å². The Balaban J connectivity index is 2.07. The molecule has 1 aliphatic heterocycles. The van der Waals surface area contributed by atoms with Gasteiger partial charge in [-0.25, -0.2) is 0 Å². The van der Waals surface area contributed by atoms with E-state index in [4.69, 9.17) is 0 Å². The molecular weight excluding hydrogens is 256 g/mol. The van der Waals surface area contributed by atoms with Crippen molar-refractivity contribution in [2.24, 2.45) is 5.92 Å². The number of benzene rings is 1. The zero-order valence-corrected chi connectivity index (χ0v) is 14.5. The van der Waals surface area contributed by atoms with Crippen molar-refractivity contribution < 1.29 is 0 Å². The highest BCUT2D eigenvalue weighted by molar-refractivity contribution is 5.39. The van der Waals surface area contributed by atoms with Crippen LogP contribution in [0, 0.1) is 26.7 Å². The quantitative estimate of drug-likeness (QED) is 0.851. The molecular formula is C19H32N2. The highest BCUT2D eigenvalue weighted by atomic mass is 15.2. The van der Waals surface area contributed by atoms with E-state index in [1.807, 2.05) is 0 Å². The first kappa shape index (κ1) is 16.5. The van der Waals surface area contributed by atoms with Crippen LogP contribution in [0.5, 0.6) is 0 Å². The number of rotatable bonds is 6. The van der Waals surface area contributed by atoms with E-state index in [2.05, 4.69) is 57.1 Å². The summed E-state index contributed by atoms with van der Waals surface area (Å²) < 4.78 is 0. The molecule has 118 valence electrons. The zero-order valence-electron chi connectivity index (χ0n) is 14.5. The molecule has 1 aliphatic rings. The van der Waals surface area contributed by atoms with Crippen LogP contribution in [0.3, 0.4) is 0 Å². The van der Waals surface area contributed by atoms with E-state index in [-0.39, 0.29) is 0 Å². The van der Waals surface area contributed by atoms with Gasteiger partial charge in [0.15, 0.2) is 0 Å². The molecule has 1 N–H and O–H groups in total. The van der Waals surface area contributed by atoms with Crippen molar-refractivity contribution in [1.82, 2.24) is 10.2 Å². The van der Waals surface area contributed by atoms with Crippen LogP contribution in [0.25, 0.3) is 0 Å². The van der Waals surface area contributed by atoms with Gasteiger partial charge in [0.2, 0.25) is 0 Å². The van der Waals surface area contributed by atoms with E-state index in [1.54, 1.807) is 0 Å². The summed E-state index contributed by atoms with van der Waals surface area (Å²) in [5.41, 5.74) is 5.72. The van der Waals surface area contributed by atoms with Crippen molar-refractivity contribution in [3.63, 3.8) is 0 Å². The molecule has 2 heteroatoms. The number of hydrogen-bond donors (Lipinski definition) is 1. The minimum absolute atomic E-state index is 0.450. The van der Waals surface area contributed by atoms with Crippen LogP contribution < -0.4 is 5.32 Å². The lowest BCUT2D eigenvalue weighted by Crippen LogP contribution is -2.33. The maximum absolute atomic E-state index is 3.55. The van der Waals surface area contributed by atoms with E-state index in [9.17, 15) is 0 Å². The predicted octanol–water partition coefficient (Wildman–Crippen LogP) is 3.99. The average Bonchev–Trinajstić information content (AvgIpc) is 2.84. The van der Waals surface area contributed by atoms with E-state index < -0.39 is 0 Å². The Morgan fingerprint density at radius 2 is 1.90 bits per heavy atom. The summed E-state index contributed by atoms with van der Waals surface area (Å²) in [7, 11) is 2.10. The summed E-state index contributed by atoms with van der Waals surface area (Å²) in [6.45, 7) is 12.7. The van der Waals surface area contributed by atoms with Crippen LogP contribution in [-0.2, 0) is 0 Å². The van der Waals surface area contributed by atoms with E-state index >= 15 is 0 Å². The third-order valence-electron chi connectivity index (χ3n) is 4.94. The van der Waals surface area contributed by atoms with Crippen molar-refractivity contribution in [3.8, 4) is 0 Å². The van der Waals surface area contributed by atoms with Crippen LogP contribution in [0.2, 0.25) is 0 Å². The second-order valence-corrected chi connectivity index (χ2v) is 6.86. The lowest BCUT2D eigenvalue weighted by Gasteiger charge is -2.27. The van der Waals surface area contributed by atoms with Crippen molar-refractivity contribution in [3.05, 3.63) is 34.4 Å². The molecule has 2 rings (SSSR count). The minimum atomic E-state index is 0.450. The van der Waals surface area contributed by atoms with Crippen LogP contribution in [0.15, 0.2) is 12.1 Å². The Hall–Kier alpha value is -0.860. The van der Waals surface area contributed by atoms with Gasteiger partial charge >= 0.3 is 0 Å². The number of nitrogens with zero attached hydrogens (tertiary/aromatic N) is 1. The molecule has 2 nitrogen and oxygen atoms in total. The predicted molar refractivity (Wildman–Crippen MR) is 91.9 cm³/mol. The smallest absolute Gasteiger partial charge is 0.0452 e. The molecule has 0 aliphatic carbocycles. The standard InChI is InChI=1S/C19H32N2/c1-6-7-17-8-9-21(12-17)13-18(20-5)19-15(3)10-14(2)11-16(19)4/h10-11,17-18,20H,6-9,12-13H2,1-5H3. The second-order valence-electron chi connectivity index (χ2n) is 6.86. The lowest BCUT2D eigenvalue weighted by atomic mass is 9.93. The molecule has 2 unspecified atom stereocenters. The Kier molecular flexibility index (Phi) is 5.83. The van der Waals surface area contributed by atoms with Crippen molar-refractivity contribution >= 4 is 0 Å². The third kappa shape index (κ3) is 4.08. The van der Waals surface area contributed by atoms with Gasteiger partial charge in [-0.2, -0.15) is 0 Å². The van der Waals surface area contributed by atoms with Crippen molar-refractivity contribution in [2.75, 3.05) is 26.7 Å². The fraction of sp³-hybridized carbons (Fsp3) is 0.684. The number of likely N-dealkylation sites (N-methyl/N-ethyl adjacent to an activating group) is 1. The summed E-state index contributed by atoms with van der Waals surface area (Å²) in [6.07, 6.45) is 4.10. The number of hydrogen-bond acceptors (Lipinski definition) is 2. The normalized spacial score (nSPS) is 20.9. The van der Waals surface area contributed by atoms with Gasteiger partial charge in [-0.3, -0.25) is 0 Å². The van der Waals surface area contributed by atoms with E-state index in [1.165, 1.54) is 54.6 Å². The first-order chi connectivity index (χ1) is 10.0. The van der Waals surface area contributed by atoms with Crippen molar-refractivity contribution in [2.45, 2.75) is 53.0 Å². The van der Waals surface area contributed by atoms with Crippen molar-refractivity contribution in [1.29, 1.82) is 0 Å². The minimum Gasteiger partial charge on any atom is -0.312 e. The summed E-state index contributed by atoms with van der Waals surface area (Å²) in [4.78, 5) is 2.65. The van der Waals surface area contributed by atoms with Gasteiger partial charge in [0.1, 0.15) is 0 Å². The highest BCUT2D eigenvalue weighted by Gasteiger charge is 2.25. The molecule has 21 heavy (non-hydrogen) atoms. The monoisotopic (exact) mass is 288 g/mol. The highest BCUT2D eigenvalue weighted by Crippen LogP contribution is 2.27.